The van der Waals surface area contributed by atoms with Crippen molar-refractivity contribution in [3.05, 3.63) is 94.0 Å². The van der Waals surface area contributed by atoms with Crippen LogP contribution < -0.4 is 14.2 Å². The molecular weight excluding hydrogens is 416 g/mol. The van der Waals surface area contributed by atoms with Gasteiger partial charge in [0, 0.05) is 22.2 Å². The summed E-state index contributed by atoms with van der Waals surface area (Å²) in [6.07, 6.45) is 3.19. The highest BCUT2D eigenvalue weighted by Gasteiger charge is 2.16. The predicted molar refractivity (Wildman–Crippen MR) is 119 cm³/mol. The second kappa shape index (κ2) is 9.69. The largest absolute Gasteiger partial charge is 0.497 e. The summed E-state index contributed by atoms with van der Waals surface area (Å²) in [6, 6.07) is 18.5. The van der Waals surface area contributed by atoms with E-state index < -0.39 is 0 Å². The van der Waals surface area contributed by atoms with Crippen LogP contribution in [-0.4, -0.2) is 19.7 Å². The van der Waals surface area contributed by atoms with Gasteiger partial charge in [0.1, 0.15) is 23.9 Å². The quantitative estimate of drug-likeness (QED) is 0.352. The second-order valence-electron chi connectivity index (χ2n) is 6.93. The molecular formula is C25H21ClO5. The van der Waals surface area contributed by atoms with Crippen molar-refractivity contribution in [1.82, 2.24) is 0 Å². The maximum atomic E-state index is 13.0. The topological polar surface area (TPSA) is 54.0 Å². The number of hydrogen-bond donors (Lipinski definition) is 0. The molecule has 3 aromatic rings. The number of carbonyl (C=O) groups is 1. The zero-order valence-electron chi connectivity index (χ0n) is 17.0. The minimum atomic E-state index is -0.202. The molecule has 6 heteroatoms. The van der Waals surface area contributed by atoms with Gasteiger partial charge in [0.25, 0.3) is 0 Å². The minimum Gasteiger partial charge on any atom is -0.497 e. The summed E-state index contributed by atoms with van der Waals surface area (Å²) < 4.78 is 22.2. The van der Waals surface area contributed by atoms with Crippen molar-refractivity contribution < 1.29 is 23.7 Å². The monoisotopic (exact) mass is 436 g/mol. The van der Waals surface area contributed by atoms with E-state index in [2.05, 4.69) is 0 Å². The van der Waals surface area contributed by atoms with Gasteiger partial charge in [-0.2, -0.15) is 0 Å². The van der Waals surface area contributed by atoms with Crippen LogP contribution in [0.5, 0.6) is 17.2 Å². The molecule has 5 nitrogen and oxygen atoms in total. The van der Waals surface area contributed by atoms with Crippen LogP contribution in [0, 0.1) is 0 Å². The molecule has 1 heterocycles. The summed E-state index contributed by atoms with van der Waals surface area (Å²) in [5, 5.41) is 0.552. The Hall–Kier alpha value is -3.28. The first-order chi connectivity index (χ1) is 15.1. The fourth-order valence-electron chi connectivity index (χ4n) is 3.28. The Morgan fingerprint density at radius 3 is 2.77 bits per heavy atom. The van der Waals surface area contributed by atoms with Crippen molar-refractivity contribution in [1.29, 1.82) is 0 Å². The van der Waals surface area contributed by atoms with Gasteiger partial charge in [-0.05, 0) is 42.0 Å². The lowest BCUT2D eigenvalue weighted by molar-refractivity contribution is -0.0165. The van der Waals surface area contributed by atoms with Crippen LogP contribution in [0.1, 0.15) is 27.0 Å². The van der Waals surface area contributed by atoms with Crippen molar-refractivity contribution in [3.8, 4) is 17.2 Å². The minimum absolute atomic E-state index is 0.166. The first kappa shape index (κ1) is 21.0. The molecule has 0 fully saturated rings. The van der Waals surface area contributed by atoms with Crippen LogP contribution in [0.3, 0.4) is 0 Å². The SMILES string of the molecule is COc1ccc(C(=O)C=Cc2cc(Cl)cc3c2OCOC3)c(OCc2ccccc2)c1. The average Bonchev–Trinajstić information content (AvgIpc) is 2.81. The van der Waals surface area contributed by atoms with Crippen molar-refractivity contribution in [2.45, 2.75) is 13.2 Å². The van der Waals surface area contributed by atoms with Crippen LogP contribution in [-0.2, 0) is 18.0 Å². The van der Waals surface area contributed by atoms with Crippen LogP contribution in [0.2, 0.25) is 5.02 Å². The molecule has 0 aliphatic carbocycles. The smallest absolute Gasteiger partial charge is 0.189 e. The number of rotatable bonds is 7. The van der Waals surface area contributed by atoms with Gasteiger partial charge < -0.3 is 18.9 Å². The van der Waals surface area contributed by atoms with Gasteiger partial charge in [0.05, 0.1) is 19.3 Å². The van der Waals surface area contributed by atoms with Crippen LogP contribution in [0.25, 0.3) is 6.08 Å². The van der Waals surface area contributed by atoms with E-state index in [0.29, 0.717) is 41.0 Å². The Labute approximate surface area is 185 Å². The van der Waals surface area contributed by atoms with E-state index in [1.165, 1.54) is 6.08 Å². The molecule has 1 aliphatic heterocycles. The molecule has 0 unspecified atom stereocenters. The number of fused-ring (bicyclic) bond motifs is 1. The van der Waals surface area contributed by atoms with Gasteiger partial charge in [0.2, 0.25) is 0 Å². The number of allylic oxidation sites excluding steroid dienone is 1. The highest BCUT2D eigenvalue weighted by molar-refractivity contribution is 6.30. The molecule has 0 spiro atoms. The molecule has 158 valence electrons. The highest BCUT2D eigenvalue weighted by Crippen LogP contribution is 2.33. The summed E-state index contributed by atoms with van der Waals surface area (Å²) in [5.41, 5.74) is 3.01. The van der Waals surface area contributed by atoms with E-state index in [-0.39, 0.29) is 12.6 Å². The predicted octanol–water partition coefficient (Wildman–Crippen LogP) is 5.69. The molecule has 0 saturated heterocycles. The molecule has 0 N–H and O–H groups in total. The lowest BCUT2D eigenvalue weighted by Crippen LogP contribution is -2.12. The van der Waals surface area contributed by atoms with E-state index in [9.17, 15) is 4.79 Å². The fraction of sp³-hybridized carbons (Fsp3) is 0.160. The van der Waals surface area contributed by atoms with Crippen molar-refractivity contribution in [2.75, 3.05) is 13.9 Å². The number of ether oxygens (including phenoxy) is 4. The van der Waals surface area contributed by atoms with Gasteiger partial charge >= 0.3 is 0 Å². The molecule has 3 aromatic carbocycles. The maximum absolute atomic E-state index is 13.0. The Bertz CT molecular complexity index is 1110. The van der Waals surface area contributed by atoms with Crippen molar-refractivity contribution >= 4 is 23.5 Å². The third kappa shape index (κ3) is 5.08. The molecule has 0 bridgehead atoms. The van der Waals surface area contributed by atoms with Gasteiger partial charge in [-0.25, -0.2) is 0 Å². The molecule has 0 radical (unpaired) electrons. The van der Waals surface area contributed by atoms with Crippen LogP contribution in [0.15, 0.2) is 66.7 Å². The van der Waals surface area contributed by atoms with E-state index in [0.717, 1.165) is 16.7 Å². The number of ketones is 1. The Morgan fingerprint density at radius 2 is 1.97 bits per heavy atom. The number of methoxy groups -OCH3 is 1. The number of halogens is 1. The number of hydrogen-bond acceptors (Lipinski definition) is 5. The molecule has 1 aliphatic rings. The zero-order valence-corrected chi connectivity index (χ0v) is 17.7. The first-order valence-electron chi connectivity index (χ1n) is 9.74. The van der Waals surface area contributed by atoms with Crippen LogP contribution in [0.4, 0.5) is 0 Å². The van der Waals surface area contributed by atoms with Gasteiger partial charge in [-0.3, -0.25) is 4.79 Å². The summed E-state index contributed by atoms with van der Waals surface area (Å²) in [5.74, 6) is 1.54. The Balaban J connectivity index is 1.59. The molecule has 0 amide bonds. The third-order valence-electron chi connectivity index (χ3n) is 4.81. The summed E-state index contributed by atoms with van der Waals surface area (Å²) >= 11 is 6.21. The second-order valence-corrected chi connectivity index (χ2v) is 7.36. The van der Waals surface area contributed by atoms with E-state index in [1.807, 2.05) is 30.3 Å². The van der Waals surface area contributed by atoms with Gasteiger partial charge in [-0.1, -0.05) is 41.9 Å². The third-order valence-corrected chi connectivity index (χ3v) is 5.03. The van der Waals surface area contributed by atoms with E-state index in [1.54, 1.807) is 43.5 Å². The summed E-state index contributed by atoms with van der Waals surface area (Å²) in [7, 11) is 1.57. The summed E-state index contributed by atoms with van der Waals surface area (Å²) in [4.78, 5) is 13.0. The lowest BCUT2D eigenvalue weighted by atomic mass is 10.0. The molecule has 31 heavy (non-hydrogen) atoms. The lowest BCUT2D eigenvalue weighted by Gasteiger charge is -2.19. The van der Waals surface area contributed by atoms with Crippen molar-refractivity contribution in [3.63, 3.8) is 0 Å². The van der Waals surface area contributed by atoms with Gasteiger partial charge in [0.15, 0.2) is 12.6 Å². The molecule has 0 saturated carbocycles. The van der Waals surface area contributed by atoms with E-state index in [4.69, 9.17) is 30.5 Å². The van der Waals surface area contributed by atoms with E-state index >= 15 is 0 Å². The maximum Gasteiger partial charge on any atom is 0.189 e. The molecule has 0 aromatic heterocycles. The normalized spacial score (nSPS) is 12.8. The fourth-order valence-corrected chi connectivity index (χ4v) is 3.52. The number of benzene rings is 3. The molecule has 0 atom stereocenters. The first-order valence-corrected chi connectivity index (χ1v) is 10.1. The van der Waals surface area contributed by atoms with Gasteiger partial charge in [-0.15, -0.1) is 0 Å². The Kier molecular flexibility index (Phi) is 6.55. The number of carbonyl (C=O) groups excluding carboxylic acids is 1. The highest BCUT2D eigenvalue weighted by atomic mass is 35.5. The van der Waals surface area contributed by atoms with Crippen molar-refractivity contribution in [2.24, 2.45) is 0 Å². The Morgan fingerprint density at radius 1 is 1.13 bits per heavy atom. The van der Waals surface area contributed by atoms with Crippen LogP contribution >= 0.6 is 11.6 Å². The zero-order chi connectivity index (χ0) is 21.6. The average molecular weight is 437 g/mol. The standard InChI is InChI=1S/C25H21ClO5/c1-28-21-8-9-22(24(13-21)30-14-17-5-3-2-4-6-17)23(27)10-7-18-11-20(26)12-19-15-29-16-31-25(18)19/h2-13H,14-16H2,1H3. The molecule has 4 rings (SSSR count). The summed E-state index contributed by atoms with van der Waals surface area (Å²) in [6.45, 7) is 0.924.